The van der Waals surface area contributed by atoms with E-state index in [1.807, 2.05) is 30.3 Å². The highest BCUT2D eigenvalue weighted by Crippen LogP contribution is 2.20. The van der Waals surface area contributed by atoms with E-state index < -0.39 is 17.7 Å². The monoisotopic (exact) mass is 305 g/mol. The summed E-state index contributed by atoms with van der Waals surface area (Å²) in [6.07, 6.45) is 0.220. The van der Waals surface area contributed by atoms with E-state index in [1.54, 1.807) is 6.92 Å². The van der Waals surface area contributed by atoms with Gasteiger partial charge < -0.3 is 10.4 Å². The predicted octanol–water partition coefficient (Wildman–Crippen LogP) is 3.61. The molecule has 0 fully saturated rings. The lowest BCUT2D eigenvalue weighted by Crippen LogP contribution is -2.24. The Balaban J connectivity index is 1.96. The van der Waals surface area contributed by atoms with Crippen LogP contribution in [-0.2, 0) is 6.54 Å². The number of rotatable bonds is 7. The molecule has 2 N–H and O–H groups in total. The molecule has 0 saturated heterocycles. The molecule has 2 rings (SSSR count). The Morgan fingerprint density at radius 2 is 1.82 bits per heavy atom. The normalized spacial score (nSPS) is 13.8. The van der Waals surface area contributed by atoms with Gasteiger partial charge in [0.15, 0.2) is 0 Å². The lowest BCUT2D eigenvalue weighted by molar-refractivity contribution is 0.173. The predicted molar refractivity (Wildman–Crippen MR) is 83.5 cm³/mol. The topological polar surface area (TPSA) is 32.3 Å². The summed E-state index contributed by atoms with van der Waals surface area (Å²) >= 11 is 0. The average molecular weight is 305 g/mol. The lowest BCUT2D eigenvalue weighted by atomic mass is 9.93. The third-order valence-corrected chi connectivity index (χ3v) is 3.62. The third-order valence-electron chi connectivity index (χ3n) is 3.62. The Morgan fingerprint density at radius 3 is 2.45 bits per heavy atom. The molecule has 118 valence electrons. The molecule has 0 bridgehead atoms. The molecule has 22 heavy (non-hydrogen) atoms. The van der Waals surface area contributed by atoms with Gasteiger partial charge in [-0.05, 0) is 30.9 Å². The second kappa shape index (κ2) is 8.01. The fourth-order valence-electron chi connectivity index (χ4n) is 2.52. The van der Waals surface area contributed by atoms with Crippen LogP contribution in [0.4, 0.5) is 8.78 Å². The summed E-state index contributed by atoms with van der Waals surface area (Å²) in [5.41, 5.74) is 1.57. The standard InChI is InChI=1S/C18H21F2NO/c1-13(22)9-16(14-5-3-2-4-6-14)12-21-11-15-7-8-17(19)10-18(15)20/h2-8,10,13,16,21-22H,9,11-12H2,1H3. The van der Waals surface area contributed by atoms with Gasteiger partial charge in [0, 0.05) is 24.7 Å². The maximum atomic E-state index is 13.6. The van der Waals surface area contributed by atoms with Crippen LogP contribution in [0, 0.1) is 11.6 Å². The van der Waals surface area contributed by atoms with E-state index in [-0.39, 0.29) is 5.92 Å². The Bertz CT molecular complexity index is 587. The lowest BCUT2D eigenvalue weighted by Gasteiger charge is -2.20. The van der Waals surface area contributed by atoms with Crippen LogP contribution in [0.25, 0.3) is 0 Å². The van der Waals surface area contributed by atoms with Gasteiger partial charge >= 0.3 is 0 Å². The highest BCUT2D eigenvalue weighted by Gasteiger charge is 2.14. The molecule has 2 atom stereocenters. The molecular formula is C18H21F2NO. The molecule has 2 unspecified atom stereocenters. The van der Waals surface area contributed by atoms with E-state index in [1.165, 1.54) is 12.1 Å². The molecule has 2 aromatic carbocycles. The quantitative estimate of drug-likeness (QED) is 0.819. The van der Waals surface area contributed by atoms with Gasteiger partial charge in [-0.25, -0.2) is 8.78 Å². The van der Waals surface area contributed by atoms with Gasteiger partial charge in [0.05, 0.1) is 6.10 Å². The molecule has 0 aliphatic heterocycles. The van der Waals surface area contributed by atoms with Crippen LogP contribution in [0.2, 0.25) is 0 Å². The van der Waals surface area contributed by atoms with Crippen molar-refractivity contribution < 1.29 is 13.9 Å². The molecule has 0 heterocycles. The zero-order valence-corrected chi connectivity index (χ0v) is 12.6. The molecule has 4 heteroatoms. The van der Waals surface area contributed by atoms with Crippen molar-refractivity contribution >= 4 is 0 Å². The van der Waals surface area contributed by atoms with Crippen molar-refractivity contribution in [1.29, 1.82) is 0 Å². The van der Waals surface area contributed by atoms with Gasteiger partial charge in [-0.2, -0.15) is 0 Å². The van der Waals surface area contributed by atoms with Crippen LogP contribution in [-0.4, -0.2) is 17.8 Å². The zero-order valence-electron chi connectivity index (χ0n) is 12.6. The first-order valence-corrected chi connectivity index (χ1v) is 7.44. The molecule has 0 radical (unpaired) electrons. The van der Waals surface area contributed by atoms with Crippen LogP contribution in [0.1, 0.15) is 30.4 Å². The van der Waals surface area contributed by atoms with Crippen LogP contribution in [0.15, 0.2) is 48.5 Å². The van der Waals surface area contributed by atoms with Crippen LogP contribution < -0.4 is 5.32 Å². The molecule has 0 aromatic heterocycles. The van der Waals surface area contributed by atoms with Crippen LogP contribution in [0.5, 0.6) is 0 Å². The van der Waals surface area contributed by atoms with Crippen molar-refractivity contribution in [2.75, 3.05) is 6.54 Å². The number of halogens is 2. The van der Waals surface area contributed by atoms with E-state index in [0.29, 0.717) is 25.1 Å². The Labute approximate surface area is 129 Å². The minimum Gasteiger partial charge on any atom is -0.393 e. The second-order valence-electron chi connectivity index (χ2n) is 5.56. The number of nitrogens with one attached hydrogen (secondary N) is 1. The smallest absolute Gasteiger partial charge is 0.130 e. The van der Waals surface area contributed by atoms with Gasteiger partial charge in [-0.15, -0.1) is 0 Å². The number of hydrogen-bond donors (Lipinski definition) is 2. The van der Waals surface area contributed by atoms with Crippen molar-refractivity contribution in [3.8, 4) is 0 Å². The van der Waals surface area contributed by atoms with Crippen molar-refractivity contribution in [3.05, 3.63) is 71.3 Å². The number of aliphatic hydroxyl groups is 1. The summed E-state index contributed by atoms with van der Waals surface area (Å²) < 4.78 is 26.5. The molecule has 0 saturated carbocycles. The Morgan fingerprint density at radius 1 is 1.09 bits per heavy atom. The van der Waals surface area contributed by atoms with Crippen molar-refractivity contribution in [1.82, 2.24) is 5.32 Å². The maximum absolute atomic E-state index is 13.6. The molecule has 2 nitrogen and oxygen atoms in total. The van der Waals surface area contributed by atoms with Gasteiger partial charge in [0.25, 0.3) is 0 Å². The summed E-state index contributed by atoms with van der Waals surface area (Å²) in [4.78, 5) is 0. The Kier molecular flexibility index (Phi) is 6.04. The van der Waals surface area contributed by atoms with Crippen molar-refractivity contribution in [2.24, 2.45) is 0 Å². The molecule has 0 aliphatic carbocycles. The second-order valence-corrected chi connectivity index (χ2v) is 5.56. The van der Waals surface area contributed by atoms with E-state index >= 15 is 0 Å². The molecule has 0 amide bonds. The van der Waals surface area contributed by atoms with Crippen LogP contribution >= 0.6 is 0 Å². The molecule has 0 aliphatic rings. The molecule has 2 aromatic rings. The first-order valence-electron chi connectivity index (χ1n) is 7.44. The highest BCUT2D eigenvalue weighted by molar-refractivity contribution is 5.21. The van der Waals surface area contributed by atoms with Crippen LogP contribution in [0.3, 0.4) is 0 Å². The molecule has 0 spiro atoms. The number of hydrogen-bond acceptors (Lipinski definition) is 2. The largest absolute Gasteiger partial charge is 0.393 e. The minimum atomic E-state index is -0.572. The first-order chi connectivity index (χ1) is 10.6. The van der Waals surface area contributed by atoms with E-state index in [9.17, 15) is 13.9 Å². The van der Waals surface area contributed by atoms with Gasteiger partial charge in [-0.1, -0.05) is 36.4 Å². The summed E-state index contributed by atoms with van der Waals surface area (Å²) in [5.74, 6) is -0.971. The maximum Gasteiger partial charge on any atom is 0.130 e. The third kappa shape index (κ3) is 4.90. The SMILES string of the molecule is CC(O)CC(CNCc1ccc(F)cc1F)c1ccccc1. The summed E-state index contributed by atoms with van der Waals surface area (Å²) in [6.45, 7) is 2.70. The average Bonchev–Trinajstić information content (AvgIpc) is 2.49. The summed E-state index contributed by atoms with van der Waals surface area (Å²) in [7, 11) is 0. The summed E-state index contributed by atoms with van der Waals surface area (Å²) in [6, 6.07) is 13.5. The summed E-state index contributed by atoms with van der Waals surface area (Å²) in [5, 5.41) is 12.8. The van der Waals surface area contributed by atoms with Crippen molar-refractivity contribution in [2.45, 2.75) is 31.9 Å². The van der Waals surface area contributed by atoms with Gasteiger partial charge in [0.1, 0.15) is 11.6 Å². The van der Waals surface area contributed by atoms with E-state index in [2.05, 4.69) is 5.32 Å². The van der Waals surface area contributed by atoms with E-state index in [4.69, 9.17) is 0 Å². The zero-order chi connectivity index (χ0) is 15.9. The fourth-order valence-corrected chi connectivity index (χ4v) is 2.52. The minimum absolute atomic E-state index is 0.143. The molecular weight excluding hydrogens is 284 g/mol. The Hall–Kier alpha value is -1.78. The fraction of sp³-hybridized carbons (Fsp3) is 0.333. The van der Waals surface area contributed by atoms with Crippen molar-refractivity contribution in [3.63, 3.8) is 0 Å². The first kappa shape index (κ1) is 16.6. The number of benzene rings is 2. The highest BCUT2D eigenvalue weighted by atomic mass is 19.1. The van der Waals surface area contributed by atoms with Gasteiger partial charge in [0.2, 0.25) is 0 Å². The van der Waals surface area contributed by atoms with Gasteiger partial charge in [-0.3, -0.25) is 0 Å². The number of aliphatic hydroxyl groups excluding tert-OH is 1. The van der Waals surface area contributed by atoms with E-state index in [0.717, 1.165) is 11.6 Å².